The summed E-state index contributed by atoms with van der Waals surface area (Å²) in [6.45, 7) is 7.92. The van der Waals surface area contributed by atoms with Crippen LogP contribution in [0.2, 0.25) is 0 Å². The Kier molecular flexibility index (Phi) is 3.69. The first-order chi connectivity index (χ1) is 8.11. The zero-order chi connectivity index (χ0) is 12.4. The SMILES string of the molecule is COc1c(C)cc(C)cc1C1CNC(C)CO1. The zero-order valence-corrected chi connectivity index (χ0v) is 11.0. The average molecular weight is 235 g/mol. The molecule has 94 valence electrons. The monoisotopic (exact) mass is 235 g/mol. The molecule has 1 heterocycles. The van der Waals surface area contributed by atoms with Gasteiger partial charge < -0.3 is 14.8 Å². The molecule has 0 saturated carbocycles. The molecule has 0 amide bonds. The molecule has 0 bridgehead atoms. The van der Waals surface area contributed by atoms with Gasteiger partial charge in [-0.1, -0.05) is 11.6 Å². The van der Waals surface area contributed by atoms with E-state index in [0.29, 0.717) is 6.04 Å². The fourth-order valence-corrected chi connectivity index (χ4v) is 2.39. The van der Waals surface area contributed by atoms with Crippen molar-refractivity contribution in [1.29, 1.82) is 0 Å². The van der Waals surface area contributed by atoms with Gasteiger partial charge in [0.15, 0.2) is 0 Å². The molecular weight excluding hydrogens is 214 g/mol. The van der Waals surface area contributed by atoms with Gasteiger partial charge in [0.25, 0.3) is 0 Å². The van der Waals surface area contributed by atoms with Crippen LogP contribution >= 0.6 is 0 Å². The molecule has 3 nitrogen and oxygen atoms in total. The van der Waals surface area contributed by atoms with Crippen molar-refractivity contribution in [2.24, 2.45) is 0 Å². The first kappa shape index (κ1) is 12.4. The van der Waals surface area contributed by atoms with E-state index in [2.05, 4.69) is 38.2 Å². The Morgan fingerprint density at radius 3 is 2.71 bits per heavy atom. The van der Waals surface area contributed by atoms with E-state index >= 15 is 0 Å². The number of aryl methyl sites for hydroxylation is 2. The van der Waals surface area contributed by atoms with E-state index < -0.39 is 0 Å². The lowest BCUT2D eigenvalue weighted by Crippen LogP contribution is -2.40. The van der Waals surface area contributed by atoms with Crippen molar-refractivity contribution < 1.29 is 9.47 Å². The Hall–Kier alpha value is -1.06. The Morgan fingerprint density at radius 1 is 1.35 bits per heavy atom. The predicted octanol–water partition coefficient (Wildman–Crippen LogP) is 2.36. The maximum absolute atomic E-state index is 5.89. The summed E-state index contributed by atoms with van der Waals surface area (Å²) in [7, 11) is 1.72. The largest absolute Gasteiger partial charge is 0.496 e. The van der Waals surface area contributed by atoms with Crippen molar-refractivity contribution in [3.63, 3.8) is 0 Å². The smallest absolute Gasteiger partial charge is 0.127 e. The van der Waals surface area contributed by atoms with Gasteiger partial charge in [0.2, 0.25) is 0 Å². The maximum Gasteiger partial charge on any atom is 0.127 e. The van der Waals surface area contributed by atoms with Crippen LogP contribution in [0.25, 0.3) is 0 Å². The molecule has 0 spiro atoms. The standard InChI is InChI=1S/C14H21NO2/c1-9-5-10(2)14(16-4)12(6-9)13-7-15-11(3)8-17-13/h5-6,11,13,15H,7-8H2,1-4H3. The van der Waals surface area contributed by atoms with Crippen molar-refractivity contribution in [1.82, 2.24) is 5.32 Å². The molecular formula is C14H21NO2. The van der Waals surface area contributed by atoms with Crippen LogP contribution < -0.4 is 10.1 Å². The number of morpholine rings is 1. The van der Waals surface area contributed by atoms with Crippen LogP contribution in [0.4, 0.5) is 0 Å². The molecule has 0 aliphatic carbocycles. The summed E-state index contributed by atoms with van der Waals surface area (Å²) in [5, 5.41) is 3.44. The number of benzene rings is 1. The van der Waals surface area contributed by atoms with E-state index in [1.165, 1.54) is 11.1 Å². The third kappa shape index (κ3) is 2.61. The van der Waals surface area contributed by atoms with E-state index in [4.69, 9.17) is 9.47 Å². The van der Waals surface area contributed by atoms with E-state index in [1.54, 1.807) is 7.11 Å². The quantitative estimate of drug-likeness (QED) is 0.853. The normalized spacial score (nSPS) is 24.7. The number of ether oxygens (including phenoxy) is 2. The highest BCUT2D eigenvalue weighted by Crippen LogP contribution is 2.32. The third-order valence-corrected chi connectivity index (χ3v) is 3.20. The Labute approximate surface area is 103 Å². The number of nitrogens with one attached hydrogen (secondary N) is 1. The lowest BCUT2D eigenvalue weighted by atomic mass is 10.00. The molecule has 0 aromatic heterocycles. The van der Waals surface area contributed by atoms with Gasteiger partial charge in [0, 0.05) is 18.2 Å². The van der Waals surface area contributed by atoms with Crippen LogP contribution in [0.15, 0.2) is 12.1 Å². The number of hydrogen-bond acceptors (Lipinski definition) is 3. The molecule has 17 heavy (non-hydrogen) atoms. The highest BCUT2D eigenvalue weighted by atomic mass is 16.5. The molecule has 2 unspecified atom stereocenters. The number of hydrogen-bond donors (Lipinski definition) is 1. The summed E-state index contributed by atoms with van der Waals surface area (Å²) in [6, 6.07) is 4.73. The van der Waals surface area contributed by atoms with Crippen molar-refractivity contribution in [2.45, 2.75) is 32.9 Å². The second kappa shape index (κ2) is 5.07. The maximum atomic E-state index is 5.89. The summed E-state index contributed by atoms with van der Waals surface area (Å²) in [4.78, 5) is 0. The highest BCUT2D eigenvalue weighted by Gasteiger charge is 2.23. The van der Waals surface area contributed by atoms with Gasteiger partial charge in [-0.05, 0) is 32.4 Å². The Bertz CT molecular complexity index is 395. The molecule has 1 N–H and O–H groups in total. The fourth-order valence-electron chi connectivity index (χ4n) is 2.39. The lowest BCUT2D eigenvalue weighted by Gasteiger charge is -2.30. The number of rotatable bonds is 2. The van der Waals surface area contributed by atoms with Crippen LogP contribution in [0.3, 0.4) is 0 Å². The van der Waals surface area contributed by atoms with Crippen LogP contribution in [0, 0.1) is 13.8 Å². The second-order valence-electron chi connectivity index (χ2n) is 4.84. The molecule has 1 aromatic carbocycles. The van der Waals surface area contributed by atoms with Crippen LogP contribution in [-0.4, -0.2) is 26.3 Å². The minimum absolute atomic E-state index is 0.0970. The summed E-state index contributed by atoms with van der Waals surface area (Å²) >= 11 is 0. The van der Waals surface area contributed by atoms with Gasteiger partial charge in [-0.2, -0.15) is 0 Å². The van der Waals surface area contributed by atoms with Gasteiger partial charge in [-0.3, -0.25) is 0 Å². The Balaban J connectivity index is 2.30. The Morgan fingerprint density at radius 2 is 2.12 bits per heavy atom. The zero-order valence-electron chi connectivity index (χ0n) is 11.0. The van der Waals surface area contributed by atoms with E-state index in [0.717, 1.165) is 24.5 Å². The average Bonchev–Trinajstić information content (AvgIpc) is 2.29. The molecule has 2 atom stereocenters. The number of methoxy groups -OCH3 is 1. The third-order valence-electron chi connectivity index (χ3n) is 3.20. The van der Waals surface area contributed by atoms with Gasteiger partial charge in [0.1, 0.15) is 5.75 Å². The topological polar surface area (TPSA) is 30.5 Å². The predicted molar refractivity (Wildman–Crippen MR) is 68.6 cm³/mol. The molecule has 1 aliphatic heterocycles. The van der Waals surface area contributed by atoms with Gasteiger partial charge in [0.05, 0.1) is 19.8 Å². The van der Waals surface area contributed by atoms with Crippen molar-refractivity contribution in [2.75, 3.05) is 20.3 Å². The van der Waals surface area contributed by atoms with Gasteiger partial charge in [-0.25, -0.2) is 0 Å². The first-order valence-corrected chi connectivity index (χ1v) is 6.12. The van der Waals surface area contributed by atoms with E-state index in [-0.39, 0.29) is 6.10 Å². The van der Waals surface area contributed by atoms with Crippen LogP contribution in [-0.2, 0) is 4.74 Å². The van der Waals surface area contributed by atoms with Crippen molar-refractivity contribution >= 4 is 0 Å². The second-order valence-corrected chi connectivity index (χ2v) is 4.84. The molecule has 1 aliphatic rings. The molecule has 3 heteroatoms. The molecule has 1 fully saturated rings. The summed E-state index contributed by atoms with van der Waals surface area (Å²) in [6.07, 6.45) is 0.0970. The van der Waals surface area contributed by atoms with E-state index in [1.807, 2.05) is 0 Å². The van der Waals surface area contributed by atoms with Gasteiger partial charge >= 0.3 is 0 Å². The molecule has 1 saturated heterocycles. The van der Waals surface area contributed by atoms with Crippen molar-refractivity contribution in [3.05, 3.63) is 28.8 Å². The van der Waals surface area contributed by atoms with Crippen LogP contribution in [0.1, 0.15) is 29.7 Å². The lowest BCUT2D eigenvalue weighted by molar-refractivity contribution is 0.00565. The minimum atomic E-state index is 0.0970. The minimum Gasteiger partial charge on any atom is -0.496 e. The molecule has 2 rings (SSSR count). The summed E-state index contributed by atoms with van der Waals surface area (Å²) in [5.41, 5.74) is 3.58. The van der Waals surface area contributed by atoms with Crippen LogP contribution in [0.5, 0.6) is 5.75 Å². The summed E-state index contributed by atoms with van der Waals surface area (Å²) in [5.74, 6) is 0.956. The fraction of sp³-hybridized carbons (Fsp3) is 0.571. The summed E-state index contributed by atoms with van der Waals surface area (Å²) < 4.78 is 11.4. The first-order valence-electron chi connectivity index (χ1n) is 6.12. The highest BCUT2D eigenvalue weighted by molar-refractivity contribution is 5.45. The molecule has 0 radical (unpaired) electrons. The van der Waals surface area contributed by atoms with Gasteiger partial charge in [-0.15, -0.1) is 0 Å². The van der Waals surface area contributed by atoms with Crippen molar-refractivity contribution in [3.8, 4) is 5.75 Å². The van der Waals surface area contributed by atoms with E-state index in [9.17, 15) is 0 Å². The molecule has 1 aromatic rings.